The Morgan fingerprint density at radius 1 is 0.368 bits per heavy atom. The van der Waals surface area contributed by atoms with E-state index in [1.807, 2.05) is 78.1 Å². The molecule has 0 aliphatic carbocycles. The van der Waals surface area contributed by atoms with Crippen LogP contribution in [0.15, 0.2) is 186 Å². The van der Waals surface area contributed by atoms with E-state index >= 15 is 0 Å². The van der Waals surface area contributed by atoms with Crippen LogP contribution in [0.25, 0.3) is 115 Å². The molecule has 6 heteroatoms. The van der Waals surface area contributed by atoms with E-state index in [4.69, 9.17) is 19.4 Å². The summed E-state index contributed by atoms with van der Waals surface area (Å²) in [6, 6.07) is 63.6. The molecule has 0 amide bonds. The SMILES string of the molecule is c1ccc(-c2nc(-c3ccccc3)nc(-c3cccc(-c4ccc5c(c4)c4c6sc7c(ccc8oc9ccccc9c87)c6ccc4n5-c4ccccc4)c3)n2)cc1. The van der Waals surface area contributed by atoms with Gasteiger partial charge in [-0.25, -0.2) is 15.0 Å². The fourth-order valence-corrected chi connectivity index (χ4v) is 9.82. The maximum atomic E-state index is 6.33. The van der Waals surface area contributed by atoms with Crippen molar-refractivity contribution in [1.82, 2.24) is 19.5 Å². The first-order valence-electron chi connectivity index (χ1n) is 19.0. The molecule has 12 aromatic rings. The van der Waals surface area contributed by atoms with Gasteiger partial charge >= 0.3 is 0 Å². The first-order chi connectivity index (χ1) is 28.2. The number of para-hydroxylation sites is 2. The molecule has 0 saturated carbocycles. The zero-order chi connectivity index (χ0) is 37.5. The van der Waals surface area contributed by atoms with Gasteiger partial charge in [0.2, 0.25) is 0 Å². The summed E-state index contributed by atoms with van der Waals surface area (Å²) in [6.07, 6.45) is 0. The highest BCUT2D eigenvalue weighted by Gasteiger charge is 2.21. The van der Waals surface area contributed by atoms with Gasteiger partial charge in [-0.05, 0) is 65.7 Å². The predicted molar refractivity (Wildman–Crippen MR) is 236 cm³/mol. The van der Waals surface area contributed by atoms with Crippen molar-refractivity contribution in [3.8, 4) is 51.0 Å². The van der Waals surface area contributed by atoms with Crippen LogP contribution in [0.4, 0.5) is 0 Å². The Bertz CT molecular complexity index is 3460. The summed E-state index contributed by atoms with van der Waals surface area (Å²) in [5.41, 5.74) is 10.4. The molecule has 0 radical (unpaired) electrons. The lowest BCUT2D eigenvalue weighted by atomic mass is 10.00. The molecule has 0 saturated heterocycles. The van der Waals surface area contributed by atoms with Crippen LogP contribution in [0.1, 0.15) is 0 Å². The zero-order valence-corrected chi connectivity index (χ0v) is 31.2. The molecule has 0 bridgehead atoms. The van der Waals surface area contributed by atoms with Gasteiger partial charge in [-0.15, -0.1) is 11.3 Å². The average Bonchev–Trinajstić information content (AvgIpc) is 3.96. The highest BCUT2D eigenvalue weighted by molar-refractivity contribution is 7.27. The lowest BCUT2D eigenvalue weighted by Gasteiger charge is -2.10. The second kappa shape index (κ2) is 12.6. The highest BCUT2D eigenvalue weighted by atomic mass is 32.1. The van der Waals surface area contributed by atoms with Crippen molar-refractivity contribution in [2.45, 2.75) is 0 Å². The van der Waals surface area contributed by atoms with Gasteiger partial charge in [0.15, 0.2) is 17.5 Å². The molecule has 4 aromatic heterocycles. The standard InChI is InChI=1S/C51H30N4OS/c1-4-13-31(14-5-1)49-52-50(32-15-6-2-7-16-32)54-51(53-49)35-18-12-17-33(29-35)34-23-26-41-40(30-34)45-42(55(41)36-19-8-3-9-20-36)27-24-37-38-25-28-44-46(48(38)57-47(37)45)39-21-10-11-22-43(39)56-44/h1-30H. The molecular weight excluding hydrogens is 717 g/mol. The second-order valence-corrected chi connectivity index (χ2v) is 15.4. The Morgan fingerprint density at radius 2 is 0.930 bits per heavy atom. The van der Waals surface area contributed by atoms with Crippen LogP contribution in [0, 0.1) is 0 Å². The van der Waals surface area contributed by atoms with Gasteiger partial charge in [-0.1, -0.05) is 127 Å². The van der Waals surface area contributed by atoms with E-state index in [1.54, 1.807) is 0 Å². The summed E-state index contributed by atoms with van der Waals surface area (Å²) in [7, 11) is 0. The third-order valence-electron chi connectivity index (χ3n) is 11.0. The van der Waals surface area contributed by atoms with Gasteiger partial charge in [0.25, 0.3) is 0 Å². The van der Waals surface area contributed by atoms with Gasteiger partial charge in [-0.3, -0.25) is 0 Å². The Balaban J connectivity index is 1.08. The number of thiophene rings is 1. The predicted octanol–water partition coefficient (Wildman–Crippen LogP) is 13.9. The Hall–Kier alpha value is -7.41. The van der Waals surface area contributed by atoms with Crippen molar-refractivity contribution in [3.63, 3.8) is 0 Å². The van der Waals surface area contributed by atoms with Crippen molar-refractivity contribution in [2.24, 2.45) is 0 Å². The number of hydrogen-bond acceptors (Lipinski definition) is 5. The number of nitrogens with zero attached hydrogens (tertiary/aromatic N) is 4. The quantitative estimate of drug-likeness (QED) is 0.176. The number of aromatic nitrogens is 4. The lowest BCUT2D eigenvalue weighted by Crippen LogP contribution is -2.00. The first kappa shape index (κ1) is 31.9. The summed E-state index contributed by atoms with van der Waals surface area (Å²) in [4.78, 5) is 15.0. The van der Waals surface area contributed by atoms with Crippen molar-refractivity contribution < 1.29 is 4.42 Å². The van der Waals surface area contributed by atoms with Crippen LogP contribution in [0.2, 0.25) is 0 Å². The van der Waals surface area contributed by atoms with E-state index in [9.17, 15) is 0 Å². The van der Waals surface area contributed by atoms with E-state index in [-0.39, 0.29) is 0 Å². The minimum absolute atomic E-state index is 0.636. The maximum Gasteiger partial charge on any atom is 0.164 e. The number of benzene rings is 8. The van der Waals surface area contributed by atoms with Gasteiger partial charge in [-0.2, -0.15) is 0 Å². The average molecular weight is 747 g/mol. The monoisotopic (exact) mass is 746 g/mol. The number of furan rings is 1. The largest absolute Gasteiger partial charge is 0.456 e. The Kier molecular flexibility index (Phi) is 7.03. The molecule has 0 atom stereocenters. The van der Waals surface area contributed by atoms with Gasteiger partial charge in [0.1, 0.15) is 11.2 Å². The smallest absolute Gasteiger partial charge is 0.164 e. The fourth-order valence-electron chi connectivity index (χ4n) is 8.41. The molecule has 0 unspecified atom stereocenters. The topological polar surface area (TPSA) is 56.7 Å². The molecule has 0 N–H and O–H groups in total. The van der Waals surface area contributed by atoms with Crippen LogP contribution in [-0.4, -0.2) is 19.5 Å². The van der Waals surface area contributed by atoms with Gasteiger partial charge in [0, 0.05) is 64.1 Å². The minimum atomic E-state index is 0.636. The van der Waals surface area contributed by atoms with Crippen LogP contribution in [-0.2, 0) is 0 Å². The van der Waals surface area contributed by atoms with E-state index in [1.165, 1.54) is 41.8 Å². The summed E-state index contributed by atoms with van der Waals surface area (Å²) in [5, 5.41) is 7.31. The first-order valence-corrected chi connectivity index (χ1v) is 19.8. The molecule has 0 aliphatic heterocycles. The van der Waals surface area contributed by atoms with E-state index in [0.717, 1.165) is 55.6 Å². The second-order valence-electron chi connectivity index (χ2n) is 14.4. The molecule has 5 nitrogen and oxygen atoms in total. The maximum absolute atomic E-state index is 6.33. The summed E-state index contributed by atoms with van der Waals surface area (Å²) in [6.45, 7) is 0. The highest BCUT2D eigenvalue weighted by Crippen LogP contribution is 2.47. The fraction of sp³-hybridized carbons (Fsp3) is 0. The summed E-state index contributed by atoms with van der Waals surface area (Å²) in [5.74, 6) is 1.93. The molecule has 12 rings (SSSR count). The van der Waals surface area contributed by atoms with E-state index in [0.29, 0.717) is 17.5 Å². The third-order valence-corrected chi connectivity index (χ3v) is 12.3. The molecule has 0 aliphatic rings. The molecule has 0 spiro atoms. The lowest BCUT2D eigenvalue weighted by molar-refractivity contribution is 0.669. The van der Waals surface area contributed by atoms with E-state index in [2.05, 4.69) is 120 Å². The minimum Gasteiger partial charge on any atom is -0.456 e. The van der Waals surface area contributed by atoms with Gasteiger partial charge in [0.05, 0.1) is 11.0 Å². The third kappa shape index (κ3) is 5.04. The molecule has 57 heavy (non-hydrogen) atoms. The molecule has 0 fully saturated rings. The molecule has 266 valence electrons. The zero-order valence-electron chi connectivity index (χ0n) is 30.4. The molecule has 8 aromatic carbocycles. The van der Waals surface area contributed by atoms with Crippen LogP contribution < -0.4 is 0 Å². The number of fused-ring (bicyclic) bond motifs is 11. The van der Waals surface area contributed by atoms with Crippen molar-refractivity contribution in [1.29, 1.82) is 0 Å². The normalized spacial score (nSPS) is 11.9. The van der Waals surface area contributed by atoms with Crippen LogP contribution >= 0.6 is 11.3 Å². The van der Waals surface area contributed by atoms with Crippen molar-refractivity contribution >= 4 is 75.3 Å². The van der Waals surface area contributed by atoms with Crippen molar-refractivity contribution in [2.75, 3.05) is 0 Å². The van der Waals surface area contributed by atoms with Crippen molar-refractivity contribution in [3.05, 3.63) is 182 Å². The van der Waals surface area contributed by atoms with Crippen LogP contribution in [0.3, 0.4) is 0 Å². The van der Waals surface area contributed by atoms with Gasteiger partial charge < -0.3 is 8.98 Å². The Morgan fingerprint density at radius 3 is 1.67 bits per heavy atom. The number of rotatable bonds is 5. The van der Waals surface area contributed by atoms with Crippen LogP contribution in [0.5, 0.6) is 0 Å². The Labute approximate surface area is 330 Å². The number of hydrogen-bond donors (Lipinski definition) is 0. The van der Waals surface area contributed by atoms with E-state index < -0.39 is 0 Å². The molecular formula is C51H30N4OS. The molecule has 4 heterocycles. The summed E-state index contributed by atoms with van der Waals surface area (Å²) < 4.78 is 11.3. The summed E-state index contributed by atoms with van der Waals surface area (Å²) >= 11 is 1.87.